The quantitative estimate of drug-likeness (QED) is 0.545. The van der Waals surface area contributed by atoms with E-state index < -0.39 is 17.7 Å². The van der Waals surface area contributed by atoms with E-state index >= 15 is 0 Å². The minimum atomic E-state index is -4.65. The number of thioether (sulfide) groups is 1. The minimum absolute atomic E-state index is 0.00376. The van der Waals surface area contributed by atoms with Crippen molar-refractivity contribution >= 4 is 29.1 Å². The van der Waals surface area contributed by atoms with E-state index in [1.54, 1.807) is 6.07 Å². The number of Topliss-reactive ketones (excluding diaryl/α,β-unsaturated/α-hetero) is 1. The summed E-state index contributed by atoms with van der Waals surface area (Å²) in [4.78, 5) is 25.4. The van der Waals surface area contributed by atoms with Gasteiger partial charge in [0.1, 0.15) is 0 Å². The standard InChI is InChI=1S/C26H22F3N3O2S/c1-15-6-4-7-16(12-15)31-22(34)14-35-25-18(13-30)23(24-20(32-25)10-5-11-21(24)33)17-8-2-3-9-19(17)26(27,28)29/h2-4,6-9,12,23,32H,5,10-11,14H2,1H3,(H,31,34)/t23-/m0/s1. The third-order valence-electron chi connectivity index (χ3n) is 5.89. The van der Waals surface area contributed by atoms with Crippen molar-refractivity contribution in [2.75, 3.05) is 11.1 Å². The van der Waals surface area contributed by atoms with Crippen LogP contribution in [0.25, 0.3) is 0 Å². The van der Waals surface area contributed by atoms with Crippen LogP contribution in [0.4, 0.5) is 18.9 Å². The molecule has 0 radical (unpaired) electrons. The van der Waals surface area contributed by atoms with E-state index in [1.165, 1.54) is 18.2 Å². The van der Waals surface area contributed by atoms with Crippen LogP contribution in [0, 0.1) is 18.3 Å². The Hall–Kier alpha value is -3.51. The third-order valence-corrected chi connectivity index (χ3v) is 6.91. The first-order valence-electron chi connectivity index (χ1n) is 11.0. The molecule has 0 spiro atoms. The number of nitrogens with zero attached hydrogens (tertiary/aromatic N) is 1. The molecule has 1 aliphatic heterocycles. The first-order chi connectivity index (χ1) is 16.7. The first-order valence-corrected chi connectivity index (χ1v) is 12.0. The van der Waals surface area contributed by atoms with Crippen molar-refractivity contribution in [3.05, 3.63) is 87.1 Å². The van der Waals surface area contributed by atoms with Gasteiger partial charge < -0.3 is 10.6 Å². The van der Waals surface area contributed by atoms with Gasteiger partial charge in [-0.25, -0.2) is 0 Å². The number of benzene rings is 2. The summed E-state index contributed by atoms with van der Waals surface area (Å²) < 4.78 is 41.6. The van der Waals surface area contributed by atoms with Crippen molar-refractivity contribution in [3.63, 3.8) is 0 Å². The molecule has 35 heavy (non-hydrogen) atoms. The molecule has 0 saturated heterocycles. The lowest BCUT2D eigenvalue weighted by molar-refractivity contribution is -0.138. The van der Waals surface area contributed by atoms with Crippen LogP contribution in [0.15, 0.2) is 70.4 Å². The monoisotopic (exact) mass is 497 g/mol. The number of alkyl halides is 3. The molecule has 4 rings (SSSR count). The van der Waals surface area contributed by atoms with E-state index in [0.29, 0.717) is 29.3 Å². The number of ketones is 1. The SMILES string of the molecule is Cc1cccc(NC(=O)CSC2=C(C#N)[C@H](c3ccccc3C(F)(F)F)C3=C(CCCC3=O)N2)c1. The first kappa shape index (κ1) is 24.6. The number of nitriles is 1. The number of anilines is 1. The Balaban J connectivity index is 1.70. The molecule has 1 heterocycles. The topological polar surface area (TPSA) is 82.0 Å². The largest absolute Gasteiger partial charge is 0.416 e. The summed E-state index contributed by atoms with van der Waals surface area (Å²) in [7, 11) is 0. The third kappa shape index (κ3) is 5.28. The highest BCUT2D eigenvalue weighted by molar-refractivity contribution is 8.03. The predicted octanol–water partition coefficient (Wildman–Crippen LogP) is 5.81. The number of hydrogen-bond acceptors (Lipinski definition) is 5. The van der Waals surface area contributed by atoms with Crippen molar-refractivity contribution in [2.45, 2.75) is 38.3 Å². The molecule has 180 valence electrons. The maximum atomic E-state index is 13.9. The Bertz CT molecular complexity index is 1290. The molecule has 1 aliphatic carbocycles. The van der Waals surface area contributed by atoms with Gasteiger partial charge in [-0.3, -0.25) is 9.59 Å². The fourth-order valence-corrected chi connectivity index (χ4v) is 5.27. The Morgan fingerprint density at radius 1 is 1.20 bits per heavy atom. The lowest BCUT2D eigenvalue weighted by Gasteiger charge is -2.34. The molecule has 2 aromatic carbocycles. The molecule has 0 saturated carbocycles. The van der Waals surface area contributed by atoms with Gasteiger partial charge in [-0.1, -0.05) is 42.1 Å². The zero-order chi connectivity index (χ0) is 25.2. The second-order valence-electron chi connectivity index (χ2n) is 8.37. The van der Waals surface area contributed by atoms with Gasteiger partial charge in [0.05, 0.1) is 33.9 Å². The molecule has 9 heteroatoms. The van der Waals surface area contributed by atoms with Gasteiger partial charge in [0.25, 0.3) is 0 Å². The number of amides is 1. The fraction of sp³-hybridized carbons (Fsp3) is 0.269. The average molecular weight is 498 g/mol. The number of halogens is 3. The Labute approximate surface area is 205 Å². The number of carbonyl (C=O) groups excluding carboxylic acids is 2. The Kier molecular flexibility index (Phi) is 7.03. The molecule has 0 fully saturated rings. The highest BCUT2D eigenvalue weighted by Crippen LogP contribution is 2.47. The van der Waals surface area contributed by atoms with Gasteiger partial charge in [0.2, 0.25) is 5.91 Å². The van der Waals surface area contributed by atoms with Gasteiger partial charge in [0.15, 0.2) is 5.78 Å². The van der Waals surface area contributed by atoms with E-state index in [2.05, 4.69) is 10.6 Å². The summed E-state index contributed by atoms with van der Waals surface area (Å²) in [6.45, 7) is 1.90. The summed E-state index contributed by atoms with van der Waals surface area (Å²) in [5.74, 6) is -1.80. The summed E-state index contributed by atoms with van der Waals surface area (Å²) >= 11 is 1.04. The highest BCUT2D eigenvalue weighted by Gasteiger charge is 2.42. The van der Waals surface area contributed by atoms with E-state index in [1.807, 2.05) is 31.2 Å². The fourth-order valence-electron chi connectivity index (χ4n) is 4.41. The maximum Gasteiger partial charge on any atom is 0.416 e. The van der Waals surface area contributed by atoms with E-state index in [0.717, 1.165) is 23.4 Å². The van der Waals surface area contributed by atoms with E-state index in [-0.39, 0.29) is 40.6 Å². The number of dihydropyridines is 1. The van der Waals surface area contributed by atoms with Crippen LogP contribution in [-0.2, 0) is 15.8 Å². The lowest BCUT2D eigenvalue weighted by Crippen LogP contribution is -2.32. The number of allylic oxidation sites excluding steroid dienone is 3. The molecule has 0 aromatic heterocycles. The number of aryl methyl sites for hydroxylation is 1. The lowest BCUT2D eigenvalue weighted by atomic mass is 9.75. The molecule has 5 nitrogen and oxygen atoms in total. The number of nitrogens with one attached hydrogen (secondary N) is 2. The van der Waals surface area contributed by atoms with Crippen molar-refractivity contribution in [2.24, 2.45) is 0 Å². The van der Waals surface area contributed by atoms with Crippen molar-refractivity contribution in [3.8, 4) is 6.07 Å². The van der Waals surface area contributed by atoms with Gasteiger partial charge in [-0.2, -0.15) is 18.4 Å². The van der Waals surface area contributed by atoms with Crippen molar-refractivity contribution in [1.82, 2.24) is 5.32 Å². The smallest absolute Gasteiger partial charge is 0.352 e. The summed E-state index contributed by atoms with van der Waals surface area (Å²) in [6.07, 6.45) is -3.40. The normalized spacial score (nSPS) is 18.0. The van der Waals surface area contributed by atoms with Gasteiger partial charge in [-0.15, -0.1) is 0 Å². The maximum absolute atomic E-state index is 13.9. The molecule has 2 N–H and O–H groups in total. The number of hydrogen-bond donors (Lipinski definition) is 2. The molecule has 2 aromatic rings. The van der Waals surface area contributed by atoms with Crippen LogP contribution in [-0.4, -0.2) is 17.4 Å². The molecule has 2 aliphatic rings. The highest BCUT2D eigenvalue weighted by atomic mass is 32.2. The van der Waals surface area contributed by atoms with Crippen LogP contribution in [0.1, 0.15) is 41.9 Å². The second kappa shape index (κ2) is 10.0. The second-order valence-corrected chi connectivity index (χ2v) is 9.36. The molecule has 0 bridgehead atoms. The summed E-state index contributed by atoms with van der Waals surface area (Å²) in [5.41, 5.74) is 1.31. The van der Waals surface area contributed by atoms with E-state index in [4.69, 9.17) is 0 Å². The summed E-state index contributed by atoms with van der Waals surface area (Å²) in [5, 5.41) is 16.2. The van der Waals surface area contributed by atoms with Crippen LogP contribution in [0.5, 0.6) is 0 Å². The zero-order valence-corrected chi connectivity index (χ0v) is 19.6. The van der Waals surface area contributed by atoms with Crippen molar-refractivity contribution < 1.29 is 22.8 Å². The van der Waals surface area contributed by atoms with Crippen LogP contribution in [0.2, 0.25) is 0 Å². The van der Waals surface area contributed by atoms with Gasteiger partial charge >= 0.3 is 6.18 Å². The van der Waals surface area contributed by atoms with E-state index in [9.17, 15) is 28.0 Å². The molecule has 0 unspecified atom stereocenters. The number of carbonyl (C=O) groups is 2. The van der Waals surface area contributed by atoms with Crippen LogP contribution < -0.4 is 10.6 Å². The summed E-state index contributed by atoms with van der Waals surface area (Å²) in [6, 6.07) is 14.3. The van der Waals surface area contributed by atoms with Crippen LogP contribution >= 0.6 is 11.8 Å². The zero-order valence-electron chi connectivity index (χ0n) is 18.8. The molecule has 1 amide bonds. The van der Waals surface area contributed by atoms with Gasteiger partial charge in [-0.05, 0) is 49.1 Å². The molecular formula is C26H22F3N3O2S. The van der Waals surface area contributed by atoms with Gasteiger partial charge in [0, 0.05) is 23.4 Å². The predicted molar refractivity (Wildman–Crippen MR) is 128 cm³/mol. The van der Waals surface area contributed by atoms with Crippen molar-refractivity contribution in [1.29, 1.82) is 5.26 Å². The minimum Gasteiger partial charge on any atom is -0.352 e. The number of rotatable bonds is 5. The average Bonchev–Trinajstić information content (AvgIpc) is 2.81. The Morgan fingerprint density at radius 3 is 2.69 bits per heavy atom. The Morgan fingerprint density at radius 2 is 1.97 bits per heavy atom. The van der Waals surface area contributed by atoms with Crippen LogP contribution in [0.3, 0.4) is 0 Å². The molecular weight excluding hydrogens is 475 g/mol. The molecule has 1 atom stereocenters.